The summed E-state index contributed by atoms with van der Waals surface area (Å²) in [6.07, 6.45) is 1.06. The average molecular weight is 290 g/mol. The van der Waals surface area contributed by atoms with Crippen LogP contribution in [0.4, 0.5) is 17.3 Å². The third-order valence-corrected chi connectivity index (χ3v) is 3.53. The van der Waals surface area contributed by atoms with Crippen LogP contribution in [-0.2, 0) is 10.0 Å². The summed E-state index contributed by atoms with van der Waals surface area (Å²) in [5.41, 5.74) is 4.90. The maximum absolute atomic E-state index is 11.4. The van der Waals surface area contributed by atoms with Crippen LogP contribution in [0.3, 0.4) is 0 Å². The van der Waals surface area contributed by atoms with Crippen molar-refractivity contribution in [3.05, 3.63) is 16.4 Å². The minimum atomic E-state index is -3.40. The summed E-state index contributed by atoms with van der Waals surface area (Å²) in [4.78, 5) is 17.2. The van der Waals surface area contributed by atoms with Gasteiger partial charge in [0.05, 0.1) is 10.7 Å². The molecule has 1 rings (SSSR count). The molecule has 0 amide bonds. The lowest BCUT2D eigenvalue weighted by Gasteiger charge is -2.07. The number of anilines is 2. The maximum Gasteiger partial charge on any atom is 0.352 e. The van der Waals surface area contributed by atoms with Gasteiger partial charge in [0.1, 0.15) is 6.33 Å². The molecule has 0 bridgehead atoms. The number of rotatable bonds is 7. The van der Waals surface area contributed by atoms with Crippen molar-refractivity contribution >= 4 is 27.3 Å². The first-order chi connectivity index (χ1) is 8.87. The van der Waals surface area contributed by atoms with E-state index >= 15 is 0 Å². The van der Waals surface area contributed by atoms with E-state index in [1.165, 1.54) is 0 Å². The molecule has 0 fully saturated rings. The highest BCUT2D eigenvalue weighted by Gasteiger charge is 2.20. The molecule has 11 heteroatoms. The van der Waals surface area contributed by atoms with Crippen LogP contribution in [0.1, 0.15) is 6.92 Å². The van der Waals surface area contributed by atoms with Gasteiger partial charge >= 0.3 is 5.69 Å². The minimum Gasteiger partial charge on any atom is -0.378 e. The SMILES string of the molecule is CCNS(=O)(=O)CCNc1ncnc(N)c1[N+](=O)[O-]. The quantitative estimate of drug-likeness (QED) is 0.441. The Morgan fingerprint density at radius 1 is 1.47 bits per heavy atom. The maximum atomic E-state index is 11.4. The molecule has 1 aromatic rings. The second kappa shape index (κ2) is 6.24. The van der Waals surface area contributed by atoms with Gasteiger partial charge in [-0.25, -0.2) is 23.1 Å². The van der Waals surface area contributed by atoms with Crippen molar-refractivity contribution in [3.63, 3.8) is 0 Å². The van der Waals surface area contributed by atoms with Crippen LogP contribution in [0.2, 0.25) is 0 Å². The Hall–Kier alpha value is -2.01. The number of hydrogen-bond acceptors (Lipinski definition) is 8. The van der Waals surface area contributed by atoms with Gasteiger partial charge in [-0.15, -0.1) is 0 Å². The van der Waals surface area contributed by atoms with Crippen LogP contribution >= 0.6 is 0 Å². The normalized spacial score (nSPS) is 11.2. The zero-order valence-corrected chi connectivity index (χ0v) is 11.0. The summed E-state index contributed by atoms with van der Waals surface area (Å²) in [6, 6.07) is 0. The van der Waals surface area contributed by atoms with E-state index < -0.39 is 20.6 Å². The van der Waals surface area contributed by atoms with Crippen molar-refractivity contribution in [2.45, 2.75) is 6.92 Å². The van der Waals surface area contributed by atoms with Crippen LogP contribution < -0.4 is 15.8 Å². The summed E-state index contributed by atoms with van der Waals surface area (Å²) in [7, 11) is -3.40. The number of nitrogens with one attached hydrogen (secondary N) is 2. The molecule has 0 aromatic carbocycles. The molecule has 0 aliphatic heterocycles. The Morgan fingerprint density at radius 2 is 2.16 bits per heavy atom. The average Bonchev–Trinajstić information content (AvgIpc) is 2.28. The molecule has 0 radical (unpaired) electrons. The van der Waals surface area contributed by atoms with Crippen molar-refractivity contribution in [1.29, 1.82) is 0 Å². The van der Waals surface area contributed by atoms with Crippen molar-refractivity contribution in [1.82, 2.24) is 14.7 Å². The number of nitrogens with two attached hydrogens (primary N) is 1. The van der Waals surface area contributed by atoms with Crippen molar-refractivity contribution in [3.8, 4) is 0 Å². The molecule has 0 saturated carbocycles. The van der Waals surface area contributed by atoms with Gasteiger partial charge in [0.2, 0.25) is 21.7 Å². The largest absolute Gasteiger partial charge is 0.378 e. The molecule has 0 aliphatic rings. The lowest BCUT2D eigenvalue weighted by Crippen LogP contribution is -2.29. The van der Waals surface area contributed by atoms with E-state index in [1.807, 2.05) is 0 Å². The highest BCUT2D eigenvalue weighted by Crippen LogP contribution is 2.25. The van der Waals surface area contributed by atoms with E-state index in [2.05, 4.69) is 20.0 Å². The molecule has 19 heavy (non-hydrogen) atoms. The van der Waals surface area contributed by atoms with Crippen molar-refractivity contribution < 1.29 is 13.3 Å². The fourth-order valence-electron chi connectivity index (χ4n) is 1.30. The topological polar surface area (TPSA) is 153 Å². The van der Waals surface area contributed by atoms with Gasteiger partial charge in [0, 0.05) is 13.1 Å². The Bertz CT molecular complexity index is 560. The van der Waals surface area contributed by atoms with Crippen LogP contribution in [0, 0.1) is 10.1 Å². The summed E-state index contributed by atoms with van der Waals surface area (Å²) in [6.45, 7) is 1.90. The molecule has 0 spiro atoms. The van der Waals surface area contributed by atoms with E-state index in [9.17, 15) is 18.5 Å². The van der Waals surface area contributed by atoms with Crippen LogP contribution in [-0.4, -0.2) is 42.2 Å². The van der Waals surface area contributed by atoms with Crippen LogP contribution in [0.15, 0.2) is 6.33 Å². The van der Waals surface area contributed by atoms with Gasteiger partial charge in [-0.1, -0.05) is 6.92 Å². The fourth-order valence-corrected chi connectivity index (χ4v) is 2.25. The van der Waals surface area contributed by atoms with Gasteiger partial charge in [0.25, 0.3) is 0 Å². The van der Waals surface area contributed by atoms with E-state index in [4.69, 9.17) is 5.73 Å². The first kappa shape index (κ1) is 15.0. The van der Waals surface area contributed by atoms with Crippen LogP contribution in [0.5, 0.6) is 0 Å². The highest BCUT2D eigenvalue weighted by molar-refractivity contribution is 7.89. The fraction of sp³-hybridized carbons (Fsp3) is 0.500. The molecule has 0 saturated heterocycles. The molecule has 0 atom stereocenters. The standard InChI is InChI=1S/C8H14N6O4S/c1-2-13-19(17,18)4-3-10-8-6(14(15)16)7(9)11-5-12-8/h5,13H,2-4H2,1H3,(H3,9,10,11,12). The summed E-state index contributed by atoms with van der Waals surface area (Å²) < 4.78 is 25.0. The number of hydrogen-bond donors (Lipinski definition) is 3. The molecule has 0 unspecified atom stereocenters. The molecular weight excluding hydrogens is 276 g/mol. The van der Waals surface area contributed by atoms with Gasteiger partial charge in [0.15, 0.2) is 0 Å². The Labute approximate surface area is 109 Å². The van der Waals surface area contributed by atoms with Crippen molar-refractivity contribution in [2.75, 3.05) is 29.9 Å². The Morgan fingerprint density at radius 3 is 2.74 bits per heavy atom. The molecule has 0 aliphatic carbocycles. The number of aromatic nitrogens is 2. The number of nitrogen functional groups attached to an aromatic ring is 1. The lowest BCUT2D eigenvalue weighted by atomic mass is 10.4. The predicted octanol–water partition coefficient (Wildman–Crippen LogP) is -0.682. The Kier molecular flexibility index (Phi) is 4.94. The number of sulfonamides is 1. The highest BCUT2D eigenvalue weighted by atomic mass is 32.2. The summed E-state index contributed by atoms with van der Waals surface area (Å²) >= 11 is 0. The molecule has 1 aromatic heterocycles. The third-order valence-electron chi connectivity index (χ3n) is 2.06. The first-order valence-corrected chi connectivity index (χ1v) is 6.98. The molecule has 4 N–H and O–H groups in total. The third kappa shape index (κ3) is 4.30. The van der Waals surface area contributed by atoms with E-state index in [0.717, 1.165) is 6.33 Å². The first-order valence-electron chi connectivity index (χ1n) is 5.33. The summed E-state index contributed by atoms with van der Waals surface area (Å²) in [5, 5.41) is 13.3. The van der Waals surface area contributed by atoms with Gasteiger partial charge in [-0.05, 0) is 0 Å². The molecule has 1 heterocycles. The van der Waals surface area contributed by atoms with E-state index in [0.29, 0.717) is 0 Å². The molecule has 106 valence electrons. The summed E-state index contributed by atoms with van der Waals surface area (Å²) in [5.74, 6) is -0.622. The van der Waals surface area contributed by atoms with Crippen LogP contribution in [0.25, 0.3) is 0 Å². The zero-order valence-electron chi connectivity index (χ0n) is 10.2. The smallest absolute Gasteiger partial charge is 0.352 e. The lowest BCUT2D eigenvalue weighted by molar-refractivity contribution is -0.383. The zero-order chi connectivity index (χ0) is 14.5. The van der Waals surface area contributed by atoms with Crippen molar-refractivity contribution in [2.24, 2.45) is 0 Å². The van der Waals surface area contributed by atoms with Gasteiger partial charge in [-0.2, -0.15) is 0 Å². The number of nitrogens with zero attached hydrogens (tertiary/aromatic N) is 3. The van der Waals surface area contributed by atoms with Gasteiger partial charge in [-0.3, -0.25) is 10.1 Å². The monoisotopic (exact) mass is 290 g/mol. The molecule has 10 nitrogen and oxygen atoms in total. The van der Waals surface area contributed by atoms with E-state index in [-0.39, 0.29) is 30.5 Å². The minimum absolute atomic E-state index is 0.0351. The second-order valence-electron chi connectivity index (χ2n) is 3.46. The van der Waals surface area contributed by atoms with Gasteiger partial charge < -0.3 is 11.1 Å². The molecular formula is C8H14N6O4S. The number of nitro groups is 1. The van der Waals surface area contributed by atoms with E-state index in [1.54, 1.807) is 6.92 Å². The Balaban J connectivity index is 2.74. The predicted molar refractivity (Wildman–Crippen MR) is 69.1 cm³/mol. The second-order valence-corrected chi connectivity index (χ2v) is 5.38.